The second-order valence-electron chi connectivity index (χ2n) is 5.76. The van der Waals surface area contributed by atoms with Crippen molar-refractivity contribution < 1.29 is 9.90 Å². The number of benzene rings is 1. The molecule has 1 saturated heterocycles. The Kier molecular flexibility index (Phi) is 3.88. The molecular weight excluding hydrogens is 264 g/mol. The highest BCUT2D eigenvalue weighted by atomic mass is 16.3. The lowest BCUT2D eigenvalue weighted by atomic mass is 9.92. The van der Waals surface area contributed by atoms with E-state index in [1.165, 1.54) is 0 Å². The van der Waals surface area contributed by atoms with Gasteiger partial charge < -0.3 is 10.0 Å². The molecule has 2 heterocycles. The number of rotatable bonds is 2. The van der Waals surface area contributed by atoms with Gasteiger partial charge in [-0.25, -0.2) is 4.98 Å². The number of hydrogen-bond acceptors (Lipinski definition) is 3. The van der Waals surface area contributed by atoms with Gasteiger partial charge >= 0.3 is 0 Å². The molecule has 3 rings (SSSR count). The smallest absolute Gasteiger partial charge is 0.272 e. The molecule has 1 amide bonds. The van der Waals surface area contributed by atoms with Crippen molar-refractivity contribution >= 4 is 16.8 Å². The van der Waals surface area contributed by atoms with Crippen LogP contribution in [0.1, 0.15) is 30.3 Å². The van der Waals surface area contributed by atoms with Gasteiger partial charge in [0.2, 0.25) is 0 Å². The zero-order chi connectivity index (χ0) is 14.8. The van der Waals surface area contributed by atoms with Crippen molar-refractivity contribution in [2.45, 2.75) is 25.9 Å². The van der Waals surface area contributed by atoms with E-state index in [1.807, 2.05) is 42.2 Å². The monoisotopic (exact) mass is 284 g/mol. The topological polar surface area (TPSA) is 53.4 Å². The molecule has 2 aromatic rings. The lowest BCUT2D eigenvalue weighted by Gasteiger charge is -2.33. The summed E-state index contributed by atoms with van der Waals surface area (Å²) in [6.07, 6.45) is 1.43. The number of para-hydroxylation sites is 1. The molecule has 110 valence electrons. The standard InChI is InChI=1S/C17H20N2O2/c1-12(20)13-8-10-19(11-9-13)17(21)16-7-6-14-4-2-3-5-15(14)18-16/h2-7,12-13,20H,8-11H2,1H3. The fraction of sp³-hybridized carbons (Fsp3) is 0.412. The Morgan fingerprint density at radius 1 is 1.24 bits per heavy atom. The molecule has 0 bridgehead atoms. The Balaban J connectivity index is 1.75. The first kappa shape index (κ1) is 14.0. The van der Waals surface area contributed by atoms with Crippen LogP contribution >= 0.6 is 0 Å². The Hall–Kier alpha value is -1.94. The highest BCUT2D eigenvalue weighted by Gasteiger charge is 2.26. The third-order valence-electron chi connectivity index (χ3n) is 4.33. The molecule has 21 heavy (non-hydrogen) atoms. The normalized spacial score (nSPS) is 17.9. The van der Waals surface area contributed by atoms with E-state index in [0.29, 0.717) is 24.7 Å². The van der Waals surface area contributed by atoms with E-state index in [0.717, 1.165) is 23.7 Å². The summed E-state index contributed by atoms with van der Waals surface area (Å²) in [6.45, 7) is 3.22. The molecule has 1 aliphatic rings. The highest BCUT2D eigenvalue weighted by Crippen LogP contribution is 2.22. The minimum absolute atomic E-state index is 0.00945. The first-order valence-electron chi connectivity index (χ1n) is 7.48. The number of nitrogens with zero attached hydrogens (tertiary/aromatic N) is 2. The van der Waals surface area contributed by atoms with Gasteiger partial charge in [0.1, 0.15) is 5.69 Å². The number of hydrogen-bond donors (Lipinski definition) is 1. The van der Waals surface area contributed by atoms with Crippen molar-refractivity contribution in [2.75, 3.05) is 13.1 Å². The van der Waals surface area contributed by atoms with Gasteiger partial charge in [-0.1, -0.05) is 24.3 Å². The van der Waals surface area contributed by atoms with Crippen molar-refractivity contribution in [1.29, 1.82) is 0 Å². The zero-order valence-corrected chi connectivity index (χ0v) is 12.2. The van der Waals surface area contributed by atoms with Crippen LogP contribution in [-0.4, -0.2) is 40.1 Å². The number of aromatic nitrogens is 1. The summed E-state index contributed by atoms with van der Waals surface area (Å²) in [6, 6.07) is 11.5. The molecule has 4 nitrogen and oxygen atoms in total. The molecule has 0 saturated carbocycles. The molecule has 1 N–H and O–H groups in total. The van der Waals surface area contributed by atoms with Crippen LogP contribution in [0.15, 0.2) is 36.4 Å². The molecule has 0 spiro atoms. The maximum absolute atomic E-state index is 12.5. The predicted molar refractivity (Wildman–Crippen MR) is 82.1 cm³/mol. The summed E-state index contributed by atoms with van der Waals surface area (Å²) in [7, 11) is 0. The van der Waals surface area contributed by atoms with Gasteiger partial charge in [0.25, 0.3) is 5.91 Å². The van der Waals surface area contributed by atoms with E-state index < -0.39 is 0 Å². The minimum atomic E-state index is -0.291. The summed E-state index contributed by atoms with van der Waals surface area (Å²) >= 11 is 0. The molecule has 1 atom stereocenters. The lowest BCUT2D eigenvalue weighted by Crippen LogP contribution is -2.41. The first-order valence-corrected chi connectivity index (χ1v) is 7.48. The summed E-state index contributed by atoms with van der Waals surface area (Å²) in [4.78, 5) is 18.8. The second kappa shape index (κ2) is 5.82. The molecule has 1 aliphatic heterocycles. The van der Waals surface area contributed by atoms with E-state index in [-0.39, 0.29) is 12.0 Å². The number of piperidine rings is 1. The summed E-state index contributed by atoms with van der Waals surface area (Å²) in [5.74, 6) is 0.295. The van der Waals surface area contributed by atoms with Gasteiger partial charge in [0.15, 0.2) is 0 Å². The Morgan fingerprint density at radius 3 is 2.67 bits per heavy atom. The van der Waals surface area contributed by atoms with Gasteiger partial charge in [0.05, 0.1) is 11.6 Å². The van der Waals surface area contributed by atoms with E-state index in [1.54, 1.807) is 6.07 Å². The van der Waals surface area contributed by atoms with Crippen LogP contribution in [0.4, 0.5) is 0 Å². The van der Waals surface area contributed by atoms with Crippen LogP contribution in [-0.2, 0) is 0 Å². The maximum Gasteiger partial charge on any atom is 0.272 e. The molecule has 1 unspecified atom stereocenters. The van der Waals surface area contributed by atoms with Gasteiger partial charge in [-0.3, -0.25) is 4.79 Å². The third-order valence-corrected chi connectivity index (χ3v) is 4.33. The van der Waals surface area contributed by atoms with Crippen molar-refractivity contribution in [3.05, 3.63) is 42.1 Å². The molecule has 4 heteroatoms. The van der Waals surface area contributed by atoms with Crippen LogP contribution in [0, 0.1) is 5.92 Å². The van der Waals surface area contributed by atoms with Crippen molar-refractivity contribution in [3.63, 3.8) is 0 Å². The van der Waals surface area contributed by atoms with Crippen molar-refractivity contribution in [3.8, 4) is 0 Å². The molecule has 1 aromatic carbocycles. The Labute approximate surface area is 124 Å². The van der Waals surface area contributed by atoms with Crippen molar-refractivity contribution in [1.82, 2.24) is 9.88 Å². The molecular formula is C17H20N2O2. The fourth-order valence-electron chi connectivity index (χ4n) is 2.93. The van der Waals surface area contributed by atoms with Crippen LogP contribution in [0.2, 0.25) is 0 Å². The molecule has 0 aliphatic carbocycles. The summed E-state index contributed by atoms with van der Waals surface area (Å²) < 4.78 is 0. The molecule has 1 fully saturated rings. The fourth-order valence-corrected chi connectivity index (χ4v) is 2.93. The number of carbonyl (C=O) groups excluding carboxylic acids is 1. The Bertz CT molecular complexity index is 646. The molecule has 1 aromatic heterocycles. The van der Waals surface area contributed by atoms with E-state index >= 15 is 0 Å². The zero-order valence-electron chi connectivity index (χ0n) is 12.2. The second-order valence-corrected chi connectivity index (χ2v) is 5.76. The number of fused-ring (bicyclic) bond motifs is 1. The largest absolute Gasteiger partial charge is 0.393 e. The summed E-state index contributed by atoms with van der Waals surface area (Å²) in [5, 5.41) is 10.7. The predicted octanol–water partition coefficient (Wildman–Crippen LogP) is 2.47. The maximum atomic E-state index is 12.5. The summed E-state index contributed by atoms with van der Waals surface area (Å²) in [5.41, 5.74) is 1.35. The van der Waals surface area contributed by atoms with E-state index in [4.69, 9.17) is 0 Å². The number of aliphatic hydroxyl groups is 1. The Morgan fingerprint density at radius 2 is 1.95 bits per heavy atom. The molecule has 0 radical (unpaired) electrons. The van der Waals surface area contributed by atoms with Gasteiger partial charge in [-0.2, -0.15) is 0 Å². The van der Waals surface area contributed by atoms with Gasteiger partial charge in [0, 0.05) is 18.5 Å². The van der Waals surface area contributed by atoms with Crippen LogP contribution in [0.3, 0.4) is 0 Å². The van der Waals surface area contributed by atoms with Gasteiger partial charge in [-0.05, 0) is 37.8 Å². The quantitative estimate of drug-likeness (QED) is 0.921. The van der Waals surface area contributed by atoms with Crippen LogP contribution in [0.25, 0.3) is 10.9 Å². The highest BCUT2D eigenvalue weighted by molar-refractivity contribution is 5.94. The van der Waals surface area contributed by atoms with E-state index in [2.05, 4.69) is 4.98 Å². The third kappa shape index (κ3) is 2.90. The lowest BCUT2D eigenvalue weighted by molar-refractivity contribution is 0.0517. The van der Waals surface area contributed by atoms with Gasteiger partial charge in [-0.15, -0.1) is 0 Å². The SMILES string of the molecule is CC(O)C1CCN(C(=O)c2ccc3ccccc3n2)CC1. The number of likely N-dealkylation sites (tertiary alicyclic amines) is 1. The average Bonchev–Trinajstić information content (AvgIpc) is 2.54. The number of aliphatic hydroxyl groups excluding tert-OH is 1. The van der Waals surface area contributed by atoms with E-state index in [9.17, 15) is 9.90 Å². The van der Waals surface area contributed by atoms with Crippen LogP contribution in [0.5, 0.6) is 0 Å². The van der Waals surface area contributed by atoms with Crippen molar-refractivity contribution in [2.24, 2.45) is 5.92 Å². The minimum Gasteiger partial charge on any atom is -0.393 e. The number of amides is 1. The number of carbonyl (C=O) groups is 1. The first-order chi connectivity index (χ1) is 10.1. The average molecular weight is 284 g/mol. The number of pyridine rings is 1. The van der Waals surface area contributed by atoms with Crippen LogP contribution < -0.4 is 0 Å².